The molecule has 1 aliphatic heterocycles. The van der Waals surface area contributed by atoms with Crippen LogP contribution in [0.5, 0.6) is 0 Å². The molecule has 0 saturated carbocycles. The lowest BCUT2D eigenvalue weighted by Gasteiger charge is -2.10. The summed E-state index contributed by atoms with van der Waals surface area (Å²) in [5, 5.41) is 3.40. The largest absolute Gasteiger partial charge is 1.00 e. The number of aromatic nitrogens is 3. The van der Waals surface area contributed by atoms with Gasteiger partial charge in [0.1, 0.15) is 6.54 Å². The smallest absolute Gasteiger partial charge is 0.324 e. The maximum atomic E-state index is 4.75. The minimum Gasteiger partial charge on any atom is -1.00 e. The molecule has 2 aromatic carbocycles. The predicted molar refractivity (Wildman–Crippen MR) is 80.3 cm³/mol. The van der Waals surface area contributed by atoms with Gasteiger partial charge < -0.3 is 17.0 Å². The van der Waals surface area contributed by atoms with E-state index < -0.39 is 0 Å². The normalized spacial score (nSPS) is 12.2. The van der Waals surface area contributed by atoms with Crippen molar-refractivity contribution in [2.45, 2.75) is 13.0 Å². The highest BCUT2D eigenvalue weighted by atomic mass is 79.9. The van der Waals surface area contributed by atoms with E-state index in [4.69, 9.17) is 4.98 Å². The van der Waals surface area contributed by atoms with Crippen molar-refractivity contribution in [1.29, 1.82) is 0 Å². The van der Waals surface area contributed by atoms with Gasteiger partial charge in [0, 0.05) is 10.0 Å². The van der Waals surface area contributed by atoms with Crippen molar-refractivity contribution < 1.29 is 21.7 Å². The molecule has 0 atom stereocenters. The van der Waals surface area contributed by atoms with Gasteiger partial charge in [-0.05, 0) is 34.3 Å². The molecule has 5 heteroatoms. The van der Waals surface area contributed by atoms with Crippen LogP contribution in [0.3, 0.4) is 0 Å². The van der Waals surface area contributed by atoms with E-state index in [1.807, 2.05) is 12.1 Å². The molecular weight excluding hydrogens is 394 g/mol. The average Bonchev–Trinajstić information content (AvgIpc) is 2.87. The first-order valence-corrected chi connectivity index (χ1v) is 7.40. The van der Waals surface area contributed by atoms with Crippen molar-refractivity contribution in [2.75, 3.05) is 0 Å². The SMILES string of the molecule is Brc1cccc(-c2nc3[n+]([nH]2)Cc2ccccc2C3)c1.[Br-]. The van der Waals surface area contributed by atoms with Gasteiger partial charge in [0.05, 0.1) is 6.42 Å². The van der Waals surface area contributed by atoms with Crippen LogP contribution >= 0.6 is 15.9 Å². The number of hydrogen-bond acceptors (Lipinski definition) is 1. The van der Waals surface area contributed by atoms with Gasteiger partial charge in [-0.2, -0.15) is 9.78 Å². The van der Waals surface area contributed by atoms with Crippen molar-refractivity contribution in [3.05, 3.63) is 70.0 Å². The van der Waals surface area contributed by atoms with Crippen LogP contribution in [-0.2, 0) is 13.0 Å². The maximum Gasteiger partial charge on any atom is 0.324 e. The topological polar surface area (TPSA) is 32.6 Å². The summed E-state index contributed by atoms with van der Waals surface area (Å²) in [6, 6.07) is 16.8. The fraction of sp³-hybridized carbons (Fsp3) is 0.125. The van der Waals surface area contributed by atoms with Gasteiger partial charge in [0.25, 0.3) is 5.82 Å². The van der Waals surface area contributed by atoms with Crippen LogP contribution in [0.1, 0.15) is 17.0 Å². The molecule has 0 bridgehead atoms. The minimum absolute atomic E-state index is 0. The highest BCUT2D eigenvalue weighted by molar-refractivity contribution is 9.10. The number of hydrogen-bond donors (Lipinski definition) is 1. The third-order valence-electron chi connectivity index (χ3n) is 3.69. The lowest BCUT2D eigenvalue weighted by Crippen LogP contribution is -3.00. The van der Waals surface area contributed by atoms with Crippen molar-refractivity contribution in [2.24, 2.45) is 0 Å². The second-order valence-corrected chi connectivity index (χ2v) is 5.95. The number of aromatic amines is 1. The molecule has 1 aliphatic rings. The van der Waals surface area contributed by atoms with Crippen molar-refractivity contribution in [1.82, 2.24) is 10.1 Å². The summed E-state index contributed by atoms with van der Waals surface area (Å²) in [6.07, 6.45) is 0.890. The van der Waals surface area contributed by atoms with Crippen LogP contribution in [0.4, 0.5) is 0 Å². The van der Waals surface area contributed by atoms with Gasteiger partial charge in [-0.3, -0.25) is 0 Å². The Morgan fingerprint density at radius 3 is 2.67 bits per heavy atom. The molecule has 3 nitrogen and oxygen atoms in total. The van der Waals surface area contributed by atoms with E-state index in [1.165, 1.54) is 11.1 Å². The molecule has 0 aliphatic carbocycles. The van der Waals surface area contributed by atoms with Gasteiger partial charge in [-0.15, -0.1) is 0 Å². The van der Waals surface area contributed by atoms with E-state index in [9.17, 15) is 0 Å². The summed E-state index contributed by atoms with van der Waals surface area (Å²) >= 11 is 3.51. The lowest BCUT2D eigenvalue weighted by atomic mass is 10.0. The summed E-state index contributed by atoms with van der Waals surface area (Å²) in [6.45, 7) is 0.868. The van der Waals surface area contributed by atoms with Gasteiger partial charge >= 0.3 is 5.82 Å². The third-order valence-corrected chi connectivity index (χ3v) is 4.18. The molecular formula is C16H13Br2N3. The minimum atomic E-state index is 0. The fourth-order valence-electron chi connectivity index (χ4n) is 2.66. The standard InChI is InChI=1S/C16H12BrN3.BrH/c17-14-7-3-6-12(8-14)16-18-15-9-11-4-1-2-5-13(11)10-20(15)19-16;/h1-8H,9-10H2;1H. The van der Waals surface area contributed by atoms with Gasteiger partial charge in [-0.25, -0.2) is 0 Å². The molecule has 0 fully saturated rings. The Labute approximate surface area is 141 Å². The molecule has 4 rings (SSSR count). The van der Waals surface area contributed by atoms with Crippen molar-refractivity contribution in [3.63, 3.8) is 0 Å². The number of nitrogens with one attached hydrogen (secondary N) is 1. The molecule has 2 heterocycles. The lowest BCUT2D eigenvalue weighted by molar-refractivity contribution is -0.751. The number of halogens is 2. The Balaban J connectivity index is 0.00000132. The number of benzene rings is 2. The van der Waals surface area contributed by atoms with Crippen LogP contribution in [0.15, 0.2) is 53.0 Å². The van der Waals surface area contributed by atoms with E-state index in [0.717, 1.165) is 34.7 Å². The molecule has 0 unspecified atom stereocenters. The van der Waals surface area contributed by atoms with Gasteiger partial charge in [0.15, 0.2) is 0 Å². The Morgan fingerprint density at radius 1 is 1.05 bits per heavy atom. The number of nitrogens with zero attached hydrogens (tertiary/aromatic N) is 2. The van der Waals surface area contributed by atoms with Crippen molar-refractivity contribution >= 4 is 15.9 Å². The molecule has 1 aromatic heterocycles. The molecule has 0 amide bonds. The van der Waals surface area contributed by atoms with E-state index in [1.54, 1.807) is 0 Å². The quantitative estimate of drug-likeness (QED) is 0.446. The molecule has 106 valence electrons. The molecule has 0 saturated heterocycles. The summed E-state index contributed by atoms with van der Waals surface area (Å²) < 4.78 is 3.20. The van der Waals surface area contributed by atoms with Crippen LogP contribution in [-0.4, -0.2) is 10.1 Å². The van der Waals surface area contributed by atoms with E-state index in [-0.39, 0.29) is 17.0 Å². The third kappa shape index (κ3) is 2.68. The first kappa shape index (κ1) is 14.5. The van der Waals surface area contributed by atoms with Crippen molar-refractivity contribution in [3.8, 4) is 11.4 Å². The summed E-state index contributed by atoms with van der Waals surface area (Å²) in [5.74, 6) is 2.02. The summed E-state index contributed by atoms with van der Waals surface area (Å²) in [7, 11) is 0. The van der Waals surface area contributed by atoms with Gasteiger partial charge in [0.2, 0.25) is 0 Å². The Hall–Kier alpha value is -1.46. The van der Waals surface area contributed by atoms with Crippen LogP contribution < -0.4 is 21.7 Å². The number of H-pyrrole nitrogens is 1. The highest BCUT2D eigenvalue weighted by Gasteiger charge is 2.26. The fourth-order valence-corrected chi connectivity index (χ4v) is 3.06. The number of fused-ring (bicyclic) bond motifs is 2. The van der Waals surface area contributed by atoms with E-state index in [0.29, 0.717) is 0 Å². The Morgan fingerprint density at radius 2 is 1.86 bits per heavy atom. The predicted octanol–water partition coefficient (Wildman–Crippen LogP) is 0.0832. The Bertz CT molecular complexity index is 753. The van der Waals surface area contributed by atoms with E-state index in [2.05, 4.69) is 62.1 Å². The zero-order valence-electron chi connectivity index (χ0n) is 11.2. The molecule has 21 heavy (non-hydrogen) atoms. The van der Waals surface area contributed by atoms with Crippen LogP contribution in [0.2, 0.25) is 0 Å². The Kier molecular flexibility index (Phi) is 3.95. The molecule has 0 radical (unpaired) electrons. The average molecular weight is 407 g/mol. The molecule has 3 aromatic rings. The first-order valence-electron chi connectivity index (χ1n) is 6.61. The van der Waals surface area contributed by atoms with Gasteiger partial charge in [-0.1, -0.05) is 46.3 Å². The highest BCUT2D eigenvalue weighted by Crippen LogP contribution is 2.22. The molecule has 1 N–H and O–H groups in total. The summed E-state index contributed by atoms with van der Waals surface area (Å²) in [4.78, 5) is 4.75. The second-order valence-electron chi connectivity index (χ2n) is 5.03. The van der Waals surface area contributed by atoms with Crippen LogP contribution in [0.25, 0.3) is 11.4 Å². The number of rotatable bonds is 1. The maximum absolute atomic E-state index is 4.75. The molecule has 0 spiro atoms. The summed E-state index contributed by atoms with van der Waals surface area (Å²) in [5.41, 5.74) is 3.85. The first-order chi connectivity index (χ1) is 9.79. The van der Waals surface area contributed by atoms with E-state index >= 15 is 0 Å². The monoisotopic (exact) mass is 405 g/mol. The zero-order valence-corrected chi connectivity index (χ0v) is 14.4. The zero-order chi connectivity index (χ0) is 13.5. The second kappa shape index (κ2) is 5.73. The van der Waals surface area contributed by atoms with Crippen LogP contribution in [0, 0.1) is 0 Å².